The normalized spacial score (nSPS) is 13.0. The van der Waals surface area contributed by atoms with Crippen LogP contribution in [-0.4, -0.2) is 23.3 Å². The van der Waals surface area contributed by atoms with Gasteiger partial charge in [0.15, 0.2) is 0 Å². The fourth-order valence-electron chi connectivity index (χ4n) is 3.80. The summed E-state index contributed by atoms with van der Waals surface area (Å²) in [6.07, 6.45) is 0.588. The zero-order valence-corrected chi connectivity index (χ0v) is 17.8. The van der Waals surface area contributed by atoms with E-state index in [1.807, 2.05) is 41.8 Å². The standard InChI is InChI=1S/C25H19FN2O3S/c26-19-6-1-5-17(12-19)25(30)28-10-9-21-18(15-28)14-22(31-21)16-4-2-7-20(13-16)27-24(29)23-8-3-11-32-23/h1-8,11-14H,9-10,15H2,(H,27,29). The van der Waals surface area contributed by atoms with Crippen LogP contribution in [-0.2, 0) is 13.0 Å². The third-order valence-electron chi connectivity index (χ3n) is 5.38. The van der Waals surface area contributed by atoms with Crippen LogP contribution >= 0.6 is 11.3 Å². The SMILES string of the molecule is O=C(Nc1cccc(-c2cc3c(o2)CCN(C(=O)c2cccc(F)c2)C3)c1)c1cccs1. The molecule has 32 heavy (non-hydrogen) atoms. The molecule has 0 atom stereocenters. The zero-order valence-electron chi connectivity index (χ0n) is 17.0. The molecule has 5 nitrogen and oxygen atoms in total. The summed E-state index contributed by atoms with van der Waals surface area (Å²) >= 11 is 1.39. The molecule has 160 valence electrons. The number of fused-ring (bicyclic) bond motifs is 1. The Labute approximate surface area is 188 Å². The molecule has 2 aromatic carbocycles. The van der Waals surface area contributed by atoms with Crippen LogP contribution in [0.4, 0.5) is 10.1 Å². The molecule has 1 aliphatic heterocycles. The Kier molecular flexibility index (Phi) is 5.33. The Morgan fingerprint density at radius 3 is 2.72 bits per heavy atom. The number of hydrogen-bond acceptors (Lipinski definition) is 4. The molecule has 0 saturated heterocycles. The second-order valence-corrected chi connectivity index (χ2v) is 8.51. The third-order valence-corrected chi connectivity index (χ3v) is 6.24. The van der Waals surface area contributed by atoms with Crippen molar-refractivity contribution in [3.8, 4) is 11.3 Å². The van der Waals surface area contributed by atoms with Crippen molar-refractivity contribution in [3.63, 3.8) is 0 Å². The summed E-state index contributed by atoms with van der Waals surface area (Å²) in [4.78, 5) is 27.5. The highest BCUT2D eigenvalue weighted by Crippen LogP contribution is 2.31. The monoisotopic (exact) mass is 446 g/mol. The molecule has 1 aliphatic rings. The minimum atomic E-state index is -0.426. The van der Waals surface area contributed by atoms with E-state index < -0.39 is 5.82 Å². The second-order valence-electron chi connectivity index (χ2n) is 7.56. The summed E-state index contributed by atoms with van der Waals surface area (Å²) < 4.78 is 19.6. The van der Waals surface area contributed by atoms with Crippen LogP contribution in [0.3, 0.4) is 0 Å². The van der Waals surface area contributed by atoms with Crippen LogP contribution in [0.5, 0.6) is 0 Å². The number of halogens is 1. The summed E-state index contributed by atoms with van der Waals surface area (Å²) in [5.41, 5.74) is 2.79. The van der Waals surface area contributed by atoms with Gasteiger partial charge in [-0.1, -0.05) is 24.3 Å². The molecular weight excluding hydrogens is 427 g/mol. The largest absolute Gasteiger partial charge is 0.461 e. The molecule has 4 aromatic rings. The molecule has 2 aromatic heterocycles. The quantitative estimate of drug-likeness (QED) is 0.444. The lowest BCUT2D eigenvalue weighted by Gasteiger charge is -2.26. The first kappa shape index (κ1) is 20.2. The third kappa shape index (κ3) is 4.07. The number of anilines is 1. The second kappa shape index (κ2) is 8.43. The summed E-state index contributed by atoms with van der Waals surface area (Å²) in [6.45, 7) is 0.912. The minimum absolute atomic E-state index is 0.151. The minimum Gasteiger partial charge on any atom is -0.461 e. The number of furan rings is 1. The highest BCUT2D eigenvalue weighted by Gasteiger charge is 2.25. The van der Waals surface area contributed by atoms with Gasteiger partial charge in [-0.3, -0.25) is 9.59 Å². The number of benzene rings is 2. The van der Waals surface area contributed by atoms with Gasteiger partial charge in [-0.2, -0.15) is 0 Å². The number of rotatable bonds is 4. The molecule has 0 fully saturated rings. The van der Waals surface area contributed by atoms with Gasteiger partial charge in [0.2, 0.25) is 0 Å². The van der Waals surface area contributed by atoms with E-state index in [9.17, 15) is 14.0 Å². The van der Waals surface area contributed by atoms with Crippen molar-refractivity contribution >= 4 is 28.8 Å². The number of carbonyl (C=O) groups excluding carboxylic acids is 2. The Hall–Kier alpha value is -3.71. The van der Waals surface area contributed by atoms with Gasteiger partial charge < -0.3 is 14.6 Å². The van der Waals surface area contributed by atoms with Crippen LogP contribution in [0.2, 0.25) is 0 Å². The fourth-order valence-corrected chi connectivity index (χ4v) is 4.42. The molecule has 0 saturated carbocycles. The van der Waals surface area contributed by atoms with E-state index in [0.717, 1.165) is 16.9 Å². The predicted molar refractivity (Wildman–Crippen MR) is 121 cm³/mol. The molecule has 2 amide bonds. The number of thiophene rings is 1. The van der Waals surface area contributed by atoms with Gasteiger partial charge in [0, 0.05) is 41.9 Å². The molecule has 0 aliphatic carbocycles. The zero-order chi connectivity index (χ0) is 22.1. The Morgan fingerprint density at radius 2 is 1.91 bits per heavy atom. The number of amides is 2. The molecule has 1 N–H and O–H groups in total. The van der Waals surface area contributed by atoms with Gasteiger partial charge in [0.25, 0.3) is 11.8 Å². The van der Waals surface area contributed by atoms with Crippen LogP contribution < -0.4 is 5.32 Å². The Bertz CT molecular complexity index is 1300. The van der Waals surface area contributed by atoms with Crippen molar-refractivity contribution in [2.75, 3.05) is 11.9 Å². The van der Waals surface area contributed by atoms with Crippen molar-refractivity contribution in [3.05, 3.63) is 99.7 Å². The summed E-state index contributed by atoms with van der Waals surface area (Å²) in [5.74, 6) is 0.752. The predicted octanol–water partition coefficient (Wildman–Crippen LogP) is 5.60. The molecule has 5 rings (SSSR count). The topological polar surface area (TPSA) is 62.6 Å². The van der Waals surface area contributed by atoms with Gasteiger partial charge in [0.1, 0.15) is 17.3 Å². The molecular formula is C25H19FN2O3S. The molecule has 3 heterocycles. The van der Waals surface area contributed by atoms with E-state index in [4.69, 9.17) is 4.42 Å². The molecule has 0 unspecified atom stereocenters. The molecule has 7 heteroatoms. The Balaban J connectivity index is 1.34. The van der Waals surface area contributed by atoms with Gasteiger partial charge in [0.05, 0.1) is 4.88 Å². The van der Waals surface area contributed by atoms with Crippen molar-refractivity contribution in [2.45, 2.75) is 13.0 Å². The van der Waals surface area contributed by atoms with Crippen molar-refractivity contribution < 1.29 is 18.4 Å². The summed E-state index contributed by atoms with van der Waals surface area (Å²) in [7, 11) is 0. The first-order valence-corrected chi connectivity index (χ1v) is 11.1. The highest BCUT2D eigenvalue weighted by atomic mass is 32.1. The van der Waals surface area contributed by atoms with E-state index in [0.29, 0.717) is 41.4 Å². The van der Waals surface area contributed by atoms with Crippen LogP contribution in [0.1, 0.15) is 31.4 Å². The average Bonchev–Trinajstić information content (AvgIpc) is 3.48. The number of carbonyl (C=O) groups is 2. The molecule has 0 radical (unpaired) electrons. The first-order chi connectivity index (χ1) is 15.6. The molecule has 0 spiro atoms. The molecule has 0 bridgehead atoms. The maximum atomic E-state index is 13.5. The fraction of sp³-hybridized carbons (Fsp3) is 0.120. The summed E-state index contributed by atoms with van der Waals surface area (Å²) in [5, 5.41) is 4.77. The van der Waals surface area contributed by atoms with Crippen molar-refractivity contribution in [2.24, 2.45) is 0 Å². The Morgan fingerprint density at radius 1 is 1.03 bits per heavy atom. The highest BCUT2D eigenvalue weighted by molar-refractivity contribution is 7.12. The van der Waals surface area contributed by atoms with E-state index in [1.54, 1.807) is 17.0 Å². The van der Waals surface area contributed by atoms with Gasteiger partial charge in [-0.05, 0) is 47.8 Å². The number of nitrogens with one attached hydrogen (secondary N) is 1. The smallest absolute Gasteiger partial charge is 0.265 e. The van der Waals surface area contributed by atoms with Crippen molar-refractivity contribution in [1.82, 2.24) is 4.90 Å². The van der Waals surface area contributed by atoms with Crippen LogP contribution in [0.15, 0.2) is 76.5 Å². The van der Waals surface area contributed by atoms with E-state index in [1.165, 1.54) is 29.5 Å². The van der Waals surface area contributed by atoms with E-state index in [-0.39, 0.29) is 11.8 Å². The number of hydrogen-bond donors (Lipinski definition) is 1. The first-order valence-electron chi connectivity index (χ1n) is 10.2. The van der Waals surface area contributed by atoms with E-state index >= 15 is 0 Å². The maximum Gasteiger partial charge on any atom is 0.265 e. The van der Waals surface area contributed by atoms with Crippen molar-refractivity contribution in [1.29, 1.82) is 0 Å². The van der Waals surface area contributed by atoms with Crippen LogP contribution in [0.25, 0.3) is 11.3 Å². The lowest BCUT2D eigenvalue weighted by atomic mass is 10.1. The van der Waals surface area contributed by atoms with Crippen LogP contribution in [0, 0.1) is 5.82 Å². The lowest BCUT2D eigenvalue weighted by molar-refractivity contribution is 0.0729. The van der Waals surface area contributed by atoms with E-state index in [2.05, 4.69) is 5.32 Å². The number of nitrogens with zero attached hydrogens (tertiary/aromatic N) is 1. The summed E-state index contributed by atoms with van der Waals surface area (Å²) in [6, 6.07) is 18.8. The van der Waals surface area contributed by atoms with Gasteiger partial charge in [-0.15, -0.1) is 11.3 Å². The lowest BCUT2D eigenvalue weighted by Crippen LogP contribution is -2.35. The average molecular weight is 447 g/mol. The van der Waals surface area contributed by atoms with Gasteiger partial charge in [-0.25, -0.2) is 4.39 Å². The van der Waals surface area contributed by atoms with Gasteiger partial charge >= 0.3 is 0 Å². The maximum absolute atomic E-state index is 13.5.